The van der Waals surface area contributed by atoms with E-state index in [0.717, 1.165) is 70.8 Å². The number of nitrogens with zero attached hydrogens (tertiary/aromatic N) is 1. The molecule has 0 spiro atoms. The number of hydrogen-bond donors (Lipinski definition) is 1. The van der Waals surface area contributed by atoms with E-state index >= 15 is 0 Å². The Morgan fingerprint density at radius 3 is 2.65 bits per heavy atom. The number of aliphatic hydroxyl groups excluding tert-OH is 1. The van der Waals surface area contributed by atoms with Crippen LogP contribution in [0, 0.1) is 0 Å². The summed E-state index contributed by atoms with van der Waals surface area (Å²) in [5.41, 5.74) is 0.592. The second-order valence-electron chi connectivity index (χ2n) is 8.41. The molecule has 2 rings (SSSR count). The van der Waals surface area contributed by atoms with Gasteiger partial charge in [-0.3, -0.25) is 4.79 Å². The topological polar surface area (TPSA) is 66.8 Å². The van der Waals surface area contributed by atoms with Crippen molar-refractivity contribution in [2.75, 3.05) is 13.2 Å². The first-order chi connectivity index (χ1) is 15.1. The van der Waals surface area contributed by atoms with E-state index in [1.165, 1.54) is 0 Å². The molecule has 1 unspecified atom stereocenters. The Labute approximate surface area is 187 Å². The fourth-order valence-electron chi connectivity index (χ4n) is 3.94. The number of aliphatic hydroxyl groups is 1. The SMILES string of the molecule is CCCCC[C@@H](O)/C=C/C1CCC(=O)N1CCCCCCCOC(=O)c1ccccc1. The van der Waals surface area contributed by atoms with Crippen LogP contribution in [-0.4, -0.2) is 47.2 Å². The van der Waals surface area contributed by atoms with Gasteiger partial charge in [-0.1, -0.05) is 75.8 Å². The summed E-state index contributed by atoms with van der Waals surface area (Å²) < 4.78 is 5.30. The molecule has 2 atom stereocenters. The number of carbonyl (C=O) groups excluding carboxylic acids is 2. The molecule has 1 aliphatic rings. The van der Waals surface area contributed by atoms with E-state index in [4.69, 9.17) is 4.74 Å². The molecule has 0 radical (unpaired) electrons. The van der Waals surface area contributed by atoms with Gasteiger partial charge in [-0.05, 0) is 37.8 Å². The molecule has 5 heteroatoms. The summed E-state index contributed by atoms with van der Waals surface area (Å²) >= 11 is 0. The molecule has 1 aromatic rings. The summed E-state index contributed by atoms with van der Waals surface area (Å²) in [7, 11) is 0. The van der Waals surface area contributed by atoms with Crippen molar-refractivity contribution in [3.8, 4) is 0 Å². The summed E-state index contributed by atoms with van der Waals surface area (Å²) in [6.45, 7) is 3.39. The molecule has 0 bridgehead atoms. The number of rotatable bonds is 15. The third kappa shape index (κ3) is 9.69. The maximum atomic E-state index is 12.2. The van der Waals surface area contributed by atoms with E-state index in [1.807, 2.05) is 35.3 Å². The van der Waals surface area contributed by atoms with E-state index in [0.29, 0.717) is 18.6 Å². The zero-order chi connectivity index (χ0) is 22.3. The third-order valence-corrected chi connectivity index (χ3v) is 5.82. The van der Waals surface area contributed by atoms with Crippen LogP contribution in [0.1, 0.15) is 87.9 Å². The maximum Gasteiger partial charge on any atom is 0.338 e. The molecule has 1 aromatic carbocycles. The summed E-state index contributed by atoms with van der Waals surface area (Å²) in [6, 6.07) is 9.19. The predicted molar refractivity (Wildman–Crippen MR) is 124 cm³/mol. The molecule has 0 aromatic heterocycles. The number of ether oxygens (including phenoxy) is 1. The summed E-state index contributed by atoms with van der Waals surface area (Å²) in [5, 5.41) is 10.1. The van der Waals surface area contributed by atoms with Gasteiger partial charge in [0.1, 0.15) is 0 Å². The first-order valence-electron chi connectivity index (χ1n) is 12.0. The molecule has 1 amide bonds. The normalized spacial score (nSPS) is 17.4. The fourth-order valence-corrected chi connectivity index (χ4v) is 3.94. The van der Waals surface area contributed by atoms with Gasteiger partial charge in [0.05, 0.1) is 24.3 Å². The van der Waals surface area contributed by atoms with Crippen LogP contribution in [0.4, 0.5) is 0 Å². The van der Waals surface area contributed by atoms with Gasteiger partial charge in [-0.15, -0.1) is 0 Å². The van der Waals surface area contributed by atoms with E-state index in [1.54, 1.807) is 12.1 Å². The largest absolute Gasteiger partial charge is 0.462 e. The number of hydrogen-bond acceptors (Lipinski definition) is 4. The van der Waals surface area contributed by atoms with Gasteiger partial charge in [0.2, 0.25) is 5.91 Å². The highest BCUT2D eigenvalue weighted by atomic mass is 16.5. The molecule has 1 heterocycles. The third-order valence-electron chi connectivity index (χ3n) is 5.82. The van der Waals surface area contributed by atoms with E-state index < -0.39 is 6.10 Å². The molecular weight excluding hydrogens is 390 g/mol. The number of esters is 1. The van der Waals surface area contributed by atoms with Crippen LogP contribution in [-0.2, 0) is 9.53 Å². The number of unbranched alkanes of at least 4 members (excludes halogenated alkanes) is 6. The molecule has 1 fully saturated rings. The predicted octanol–water partition coefficient (Wildman–Crippen LogP) is 5.28. The Morgan fingerprint density at radius 1 is 1.13 bits per heavy atom. The lowest BCUT2D eigenvalue weighted by Gasteiger charge is -2.22. The van der Waals surface area contributed by atoms with E-state index in [9.17, 15) is 14.7 Å². The zero-order valence-electron chi connectivity index (χ0n) is 19.0. The highest BCUT2D eigenvalue weighted by Gasteiger charge is 2.28. The smallest absolute Gasteiger partial charge is 0.338 e. The molecule has 1 N–H and O–H groups in total. The summed E-state index contributed by atoms with van der Waals surface area (Å²) in [5.74, 6) is -0.0364. The molecule has 5 nitrogen and oxygen atoms in total. The van der Waals surface area contributed by atoms with Crippen molar-refractivity contribution < 1.29 is 19.4 Å². The van der Waals surface area contributed by atoms with Crippen LogP contribution in [0.2, 0.25) is 0 Å². The lowest BCUT2D eigenvalue weighted by molar-refractivity contribution is -0.128. The van der Waals surface area contributed by atoms with Crippen molar-refractivity contribution in [2.45, 2.75) is 89.7 Å². The van der Waals surface area contributed by atoms with Crippen LogP contribution in [0.3, 0.4) is 0 Å². The highest BCUT2D eigenvalue weighted by Crippen LogP contribution is 2.21. The number of amides is 1. The highest BCUT2D eigenvalue weighted by molar-refractivity contribution is 5.89. The molecule has 0 saturated carbocycles. The first-order valence-corrected chi connectivity index (χ1v) is 12.0. The van der Waals surface area contributed by atoms with Crippen molar-refractivity contribution >= 4 is 11.9 Å². The Morgan fingerprint density at radius 2 is 1.87 bits per heavy atom. The molecule has 0 aliphatic carbocycles. The van der Waals surface area contributed by atoms with Crippen LogP contribution in [0.5, 0.6) is 0 Å². The molecule has 172 valence electrons. The average Bonchev–Trinajstić information content (AvgIpc) is 3.14. The van der Waals surface area contributed by atoms with Gasteiger partial charge < -0.3 is 14.7 Å². The van der Waals surface area contributed by atoms with Gasteiger partial charge in [0.25, 0.3) is 0 Å². The van der Waals surface area contributed by atoms with Crippen LogP contribution in [0.25, 0.3) is 0 Å². The van der Waals surface area contributed by atoms with Crippen molar-refractivity contribution in [1.29, 1.82) is 0 Å². The quantitative estimate of drug-likeness (QED) is 0.234. The summed E-state index contributed by atoms with van der Waals surface area (Å²) in [6.07, 6.45) is 14.1. The maximum absolute atomic E-state index is 12.2. The van der Waals surface area contributed by atoms with Crippen molar-refractivity contribution in [3.63, 3.8) is 0 Å². The standard InChI is InChI=1S/C26H39NO4/c1-2-3-8-15-24(28)18-16-23-17-19-25(29)27(23)20-11-5-4-6-12-21-31-26(30)22-13-9-7-10-14-22/h7,9-10,13-14,16,18,23-24,28H,2-6,8,11-12,15,17,19-21H2,1H3/b18-16+/t23?,24-/m1/s1. The van der Waals surface area contributed by atoms with Gasteiger partial charge in [-0.2, -0.15) is 0 Å². The van der Waals surface area contributed by atoms with Gasteiger partial charge >= 0.3 is 5.97 Å². The second-order valence-corrected chi connectivity index (χ2v) is 8.41. The van der Waals surface area contributed by atoms with Crippen molar-refractivity contribution in [3.05, 3.63) is 48.0 Å². The van der Waals surface area contributed by atoms with Gasteiger partial charge in [-0.25, -0.2) is 4.79 Å². The fraction of sp³-hybridized carbons (Fsp3) is 0.615. The van der Waals surface area contributed by atoms with Crippen LogP contribution >= 0.6 is 0 Å². The average molecular weight is 430 g/mol. The Hall–Kier alpha value is -2.14. The monoisotopic (exact) mass is 429 g/mol. The molecule has 31 heavy (non-hydrogen) atoms. The number of likely N-dealkylation sites (tertiary alicyclic amines) is 1. The minimum Gasteiger partial charge on any atom is -0.462 e. The Balaban J connectivity index is 1.56. The lowest BCUT2D eigenvalue weighted by Crippen LogP contribution is -2.32. The summed E-state index contributed by atoms with van der Waals surface area (Å²) in [4.78, 5) is 26.0. The number of benzene rings is 1. The molecule has 1 aliphatic heterocycles. The van der Waals surface area contributed by atoms with E-state index in [2.05, 4.69) is 6.92 Å². The number of carbonyl (C=O) groups is 2. The zero-order valence-corrected chi connectivity index (χ0v) is 19.0. The second kappa shape index (κ2) is 14.8. The van der Waals surface area contributed by atoms with Gasteiger partial charge in [0, 0.05) is 13.0 Å². The first kappa shape index (κ1) is 25.1. The minimum atomic E-state index is -0.403. The van der Waals surface area contributed by atoms with Crippen LogP contribution < -0.4 is 0 Å². The Bertz CT molecular complexity index is 673. The molecular formula is C26H39NO4. The Kier molecular flexibility index (Phi) is 12.0. The lowest BCUT2D eigenvalue weighted by atomic mass is 10.1. The van der Waals surface area contributed by atoms with Crippen LogP contribution in [0.15, 0.2) is 42.5 Å². The van der Waals surface area contributed by atoms with Crippen molar-refractivity contribution in [2.24, 2.45) is 0 Å². The van der Waals surface area contributed by atoms with Crippen molar-refractivity contribution in [1.82, 2.24) is 4.90 Å². The molecule has 1 saturated heterocycles. The minimum absolute atomic E-state index is 0.130. The van der Waals surface area contributed by atoms with E-state index in [-0.39, 0.29) is 17.9 Å². The van der Waals surface area contributed by atoms with Gasteiger partial charge in [0.15, 0.2) is 0 Å².